The van der Waals surface area contributed by atoms with E-state index in [1.807, 2.05) is 39.0 Å². The Hall–Kier alpha value is -2.48. The normalized spacial score (nSPS) is 14.8. The zero-order valence-corrected chi connectivity index (χ0v) is 23.7. The molecule has 1 aliphatic rings. The average Bonchev–Trinajstić information content (AvgIpc) is 3.39. The third-order valence-electron chi connectivity index (χ3n) is 6.73. The third kappa shape index (κ3) is 6.89. The summed E-state index contributed by atoms with van der Waals surface area (Å²) >= 11 is 8.04. The molecule has 0 amide bonds. The Morgan fingerprint density at radius 2 is 1.89 bits per heavy atom. The largest absolute Gasteiger partial charge is 0.489 e. The molecule has 0 bridgehead atoms. The van der Waals surface area contributed by atoms with Crippen LogP contribution in [0.1, 0.15) is 51.7 Å². The first-order valence-electron chi connectivity index (χ1n) is 13.2. The van der Waals surface area contributed by atoms with E-state index in [0.29, 0.717) is 17.4 Å². The van der Waals surface area contributed by atoms with Crippen LogP contribution in [0.15, 0.2) is 36.4 Å². The van der Waals surface area contributed by atoms with Crippen LogP contribution in [0.3, 0.4) is 0 Å². The molecule has 1 aromatic heterocycles. The Morgan fingerprint density at radius 3 is 2.57 bits per heavy atom. The lowest BCUT2D eigenvalue weighted by molar-refractivity contribution is -0.149. The predicted octanol–water partition coefficient (Wildman–Crippen LogP) is 6.69. The number of esters is 1. The number of benzene rings is 2. The van der Waals surface area contributed by atoms with Crippen LogP contribution in [0.25, 0.3) is 21.1 Å². The Labute approximate surface area is 229 Å². The molecule has 1 aliphatic heterocycles. The first-order chi connectivity index (χ1) is 17.9. The molecule has 0 aliphatic carbocycles. The van der Waals surface area contributed by atoms with Crippen LogP contribution in [0.2, 0.25) is 5.02 Å². The van der Waals surface area contributed by atoms with Gasteiger partial charge in [-0.05, 0) is 88.9 Å². The van der Waals surface area contributed by atoms with Crippen molar-refractivity contribution in [2.45, 2.75) is 59.5 Å². The van der Waals surface area contributed by atoms with Crippen LogP contribution >= 0.6 is 22.9 Å². The second kappa shape index (κ2) is 12.9. The molecular weight excluding hydrogens is 506 g/mol. The number of hydrogen-bond donors (Lipinski definition) is 0. The summed E-state index contributed by atoms with van der Waals surface area (Å²) < 4.78 is 11.0. The third-order valence-corrected chi connectivity index (χ3v) is 8.03. The monoisotopic (exact) mass is 541 g/mol. The Bertz CT molecular complexity index is 1200. The Kier molecular flexibility index (Phi) is 9.57. The Balaban J connectivity index is 1.44. The fourth-order valence-electron chi connectivity index (χ4n) is 4.85. The number of likely N-dealkylation sites (tertiary alicyclic amines) is 1. The first kappa shape index (κ1) is 27.6. The highest BCUT2D eigenvalue weighted by molar-refractivity contribution is 7.17. The van der Waals surface area contributed by atoms with Gasteiger partial charge in [0.05, 0.1) is 23.7 Å². The fourth-order valence-corrected chi connectivity index (χ4v) is 5.97. The molecule has 1 saturated heterocycles. The SMILES string of the molecule is CCOC(=O)C1CCN(CCc2cccc(-c3nnc(-c4ccc(OC(C)C)c(Cl)c4)s3)c2CC)CC1. The van der Waals surface area contributed by atoms with E-state index in [1.54, 1.807) is 11.3 Å². The number of hydrogen-bond acceptors (Lipinski definition) is 7. The molecule has 6 nitrogen and oxygen atoms in total. The van der Waals surface area contributed by atoms with E-state index in [1.165, 1.54) is 11.1 Å². The molecule has 198 valence electrons. The summed E-state index contributed by atoms with van der Waals surface area (Å²) in [4.78, 5) is 14.5. The fraction of sp³-hybridized carbons (Fsp3) is 0.483. The molecule has 0 unspecified atom stereocenters. The lowest BCUT2D eigenvalue weighted by atomic mass is 9.95. The van der Waals surface area contributed by atoms with Crippen LogP contribution in [0.5, 0.6) is 5.75 Å². The van der Waals surface area contributed by atoms with Crippen molar-refractivity contribution in [2.75, 3.05) is 26.2 Å². The van der Waals surface area contributed by atoms with E-state index < -0.39 is 0 Å². The number of carbonyl (C=O) groups is 1. The quantitative estimate of drug-likeness (QED) is 0.266. The van der Waals surface area contributed by atoms with Gasteiger partial charge in [-0.2, -0.15) is 0 Å². The highest BCUT2D eigenvalue weighted by Gasteiger charge is 2.26. The molecule has 2 heterocycles. The maximum atomic E-state index is 12.0. The van der Waals surface area contributed by atoms with E-state index in [-0.39, 0.29) is 18.0 Å². The summed E-state index contributed by atoms with van der Waals surface area (Å²) in [6.45, 7) is 11.3. The molecule has 0 N–H and O–H groups in total. The predicted molar refractivity (Wildman–Crippen MR) is 150 cm³/mol. The number of aromatic nitrogens is 2. The number of nitrogens with zero attached hydrogens (tertiary/aromatic N) is 3. The van der Waals surface area contributed by atoms with Crippen LogP contribution in [0.4, 0.5) is 0 Å². The molecule has 3 aromatic rings. The zero-order chi connectivity index (χ0) is 26.4. The van der Waals surface area contributed by atoms with E-state index in [2.05, 4.69) is 40.2 Å². The summed E-state index contributed by atoms with van der Waals surface area (Å²) in [6.07, 6.45) is 3.72. The second-order valence-corrected chi connectivity index (χ2v) is 11.0. The molecular formula is C29H36ClN3O3S. The van der Waals surface area contributed by atoms with Gasteiger partial charge in [-0.3, -0.25) is 4.79 Å². The molecule has 2 aromatic carbocycles. The van der Waals surface area contributed by atoms with Crippen molar-refractivity contribution in [2.24, 2.45) is 5.92 Å². The van der Waals surface area contributed by atoms with E-state index in [9.17, 15) is 4.79 Å². The van der Waals surface area contributed by atoms with Gasteiger partial charge in [-0.25, -0.2) is 0 Å². The van der Waals surface area contributed by atoms with Crippen molar-refractivity contribution >= 4 is 28.9 Å². The van der Waals surface area contributed by atoms with Crippen LogP contribution < -0.4 is 4.74 Å². The molecule has 0 saturated carbocycles. The van der Waals surface area contributed by atoms with Crippen molar-refractivity contribution in [1.82, 2.24) is 15.1 Å². The van der Waals surface area contributed by atoms with Crippen LogP contribution in [0, 0.1) is 5.92 Å². The van der Waals surface area contributed by atoms with Crippen molar-refractivity contribution < 1.29 is 14.3 Å². The number of carbonyl (C=O) groups excluding carboxylic acids is 1. The molecule has 0 spiro atoms. The van der Waals surface area contributed by atoms with Gasteiger partial charge in [0.1, 0.15) is 15.8 Å². The highest BCUT2D eigenvalue weighted by Crippen LogP contribution is 2.36. The van der Waals surface area contributed by atoms with Gasteiger partial charge in [0.2, 0.25) is 0 Å². The molecule has 1 fully saturated rings. The van der Waals surface area contributed by atoms with Gasteiger partial charge >= 0.3 is 5.97 Å². The standard InChI is InChI=1S/C29H36ClN3O3S/c1-5-23-20(12-15-33-16-13-21(14-17-33)29(34)35-6-2)8-7-9-24(23)28-32-31-27(37-28)22-10-11-26(25(30)18-22)36-19(3)4/h7-11,18-19,21H,5-6,12-17H2,1-4H3. The van der Waals surface area contributed by atoms with Gasteiger partial charge in [-0.1, -0.05) is 48.1 Å². The highest BCUT2D eigenvalue weighted by atomic mass is 35.5. The van der Waals surface area contributed by atoms with Gasteiger partial charge < -0.3 is 14.4 Å². The van der Waals surface area contributed by atoms with E-state index >= 15 is 0 Å². The second-order valence-electron chi connectivity index (χ2n) is 9.64. The summed E-state index contributed by atoms with van der Waals surface area (Å²) in [5.41, 5.74) is 4.76. The number of rotatable bonds is 10. The van der Waals surface area contributed by atoms with Crippen molar-refractivity contribution in [3.05, 3.63) is 52.5 Å². The van der Waals surface area contributed by atoms with E-state index in [4.69, 9.17) is 21.1 Å². The number of ether oxygens (including phenoxy) is 2. The topological polar surface area (TPSA) is 64.5 Å². The van der Waals surface area contributed by atoms with Gasteiger partial charge in [-0.15, -0.1) is 10.2 Å². The first-order valence-corrected chi connectivity index (χ1v) is 14.4. The molecule has 0 radical (unpaired) electrons. The van der Waals surface area contributed by atoms with Crippen LogP contribution in [-0.4, -0.2) is 53.4 Å². The summed E-state index contributed by atoms with van der Waals surface area (Å²) in [7, 11) is 0. The zero-order valence-electron chi connectivity index (χ0n) is 22.1. The summed E-state index contributed by atoms with van der Waals surface area (Å²) in [6, 6.07) is 12.3. The lowest BCUT2D eigenvalue weighted by Crippen LogP contribution is -2.38. The number of piperidine rings is 1. The van der Waals surface area contributed by atoms with Crippen molar-refractivity contribution in [1.29, 1.82) is 0 Å². The van der Waals surface area contributed by atoms with Crippen molar-refractivity contribution in [3.63, 3.8) is 0 Å². The molecule has 4 rings (SSSR count). The minimum absolute atomic E-state index is 0.0401. The minimum atomic E-state index is -0.0401. The lowest BCUT2D eigenvalue weighted by Gasteiger charge is -2.31. The van der Waals surface area contributed by atoms with Gasteiger partial charge in [0.25, 0.3) is 0 Å². The summed E-state index contributed by atoms with van der Waals surface area (Å²) in [5.74, 6) is 0.684. The Morgan fingerprint density at radius 1 is 1.14 bits per heavy atom. The van der Waals surface area contributed by atoms with Gasteiger partial charge in [0, 0.05) is 17.7 Å². The molecule has 0 atom stereocenters. The smallest absolute Gasteiger partial charge is 0.309 e. The average molecular weight is 542 g/mol. The van der Waals surface area contributed by atoms with Crippen molar-refractivity contribution in [3.8, 4) is 26.9 Å². The molecule has 8 heteroatoms. The molecule has 37 heavy (non-hydrogen) atoms. The maximum absolute atomic E-state index is 12.0. The maximum Gasteiger partial charge on any atom is 0.309 e. The minimum Gasteiger partial charge on any atom is -0.489 e. The van der Waals surface area contributed by atoms with Gasteiger partial charge in [0.15, 0.2) is 0 Å². The van der Waals surface area contributed by atoms with E-state index in [0.717, 1.165) is 66.5 Å². The summed E-state index contributed by atoms with van der Waals surface area (Å²) in [5, 5.41) is 11.4. The van der Waals surface area contributed by atoms with Crippen LogP contribution in [-0.2, 0) is 22.4 Å². The number of halogens is 1.